The van der Waals surface area contributed by atoms with Crippen molar-refractivity contribution in [3.05, 3.63) is 77.4 Å². The Labute approximate surface area is 155 Å². The molecule has 0 N–H and O–H groups in total. The van der Waals surface area contributed by atoms with Crippen LogP contribution >= 0.6 is 0 Å². The molecule has 1 heterocycles. The molecule has 0 radical (unpaired) electrons. The highest BCUT2D eigenvalue weighted by Gasteiger charge is 2.16. The van der Waals surface area contributed by atoms with E-state index in [1.54, 1.807) is 0 Å². The summed E-state index contributed by atoms with van der Waals surface area (Å²) in [7, 11) is 0. The third-order valence-corrected chi connectivity index (χ3v) is 4.31. The van der Waals surface area contributed by atoms with E-state index in [1.165, 1.54) is 5.56 Å². The van der Waals surface area contributed by atoms with E-state index in [2.05, 4.69) is 47.1 Å². The minimum Gasteiger partial charge on any atom is -0.379 e. The number of nitriles is 1. The van der Waals surface area contributed by atoms with E-state index >= 15 is 0 Å². The van der Waals surface area contributed by atoms with E-state index in [9.17, 15) is 0 Å². The standard InChI is InChI=1S/C23H22N2O/c24-15-14-22-8-6-21(7-9-22)11-13-23(25-16-18-26-19-17-25)12-10-20-4-2-1-3-5-20/h1-10,12,23H,14,16-19H2/b12-10+. The average Bonchev–Trinajstić information content (AvgIpc) is 2.71. The summed E-state index contributed by atoms with van der Waals surface area (Å²) in [6.45, 7) is 3.28. The zero-order chi connectivity index (χ0) is 18.0. The van der Waals surface area contributed by atoms with E-state index in [0.29, 0.717) is 6.42 Å². The normalized spacial score (nSPS) is 15.8. The molecule has 2 aromatic carbocycles. The summed E-state index contributed by atoms with van der Waals surface area (Å²) in [5, 5.41) is 8.76. The lowest BCUT2D eigenvalue weighted by Crippen LogP contribution is -2.42. The van der Waals surface area contributed by atoms with E-state index in [-0.39, 0.29) is 6.04 Å². The largest absolute Gasteiger partial charge is 0.379 e. The molecule has 2 aromatic rings. The van der Waals surface area contributed by atoms with Gasteiger partial charge in [-0.3, -0.25) is 4.90 Å². The number of rotatable bonds is 4. The predicted octanol–water partition coefficient (Wildman–Crippen LogP) is 3.52. The van der Waals surface area contributed by atoms with Crippen LogP contribution in [0.1, 0.15) is 16.7 Å². The van der Waals surface area contributed by atoms with Crippen LogP contribution in [-0.4, -0.2) is 37.2 Å². The number of ether oxygens (including phenoxy) is 1. The molecule has 1 atom stereocenters. The fraction of sp³-hybridized carbons (Fsp3) is 0.261. The monoisotopic (exact) mass is 342 g/mol. The first kappa shape index (κ1) is 18.0. The van der Waals surface area contributed by atoms with Crippen LogP contribution in [0.25, 0.3) is 6.08 Å². The highest BCUT2D eigenvalue weighted by molar-refractivity contribution is 5.51. The van der Waals surface area contributed by atoms with Gasteiger partial charge in [-0.2, -0.15) is 5.26 Å². The average molecular weight is 342 g/mol. The van der Waals surface area contributed by atoms with Gasteiger partial charge in [-0.1, -0.05) is 66.5 Å². The number of nitrogens with zero attached hydrogens (tertiary/aromatic N) is 2. The highest BCUT2D eigenvalue weighted by atomic mass is 16.5. The van der Waals surface area contributed by atoms with Crippen molar-refractivity contribution in [3.63, 3.8) is 0 Å². The Morgan fingerprint density at radius 1 is 1.04 bits per heavy atom. The number of benzene rings is 2. The minimum atomic E-state index is 0.0536. The molecule has 130 valence electrons. The van der Waals surface area contributed by atoms with Gasteiger partial charge in [0, 0.05) is 18.7 Å². The molecule has 1 fully saturated rings. The van der Waals surface area contributed by atoms with E-state index in [4.69, 9.17) is 10.00 Å². The van der Waals surface area contributed by atoms with Gasteiger partial charge in [0.25, 0.3) is 0 Å². The van der Waals surface area contributed by atoms with Crippen molar-refractivity contribution in [1.82, 2.24) is 4.90 Å². The van der Waals surface area contributed by atoms with Crippen LogP contribution in [0.4, 0.5) is 0 Å². The molecule has 3 heteroatoms. The lowest BCUT2D eigenvalue weighted by Gasteiger charge is -2.29. The first-order valence-electron chi connectivity index (χ1n) is 8.87. The third-order valence-electron chi connectivity index (χ3n) is 4.31. The van der Waals surface area contributed by atoms with E-state index in [0.717, 1.165) is 37.4 Å². The molecule has 0 saturated carbocycles. The van der Waals surface area contributed by atoms with Gasteiger partial charge in [-0.25, -0.2) is 0 Å². The van der Waals surface area contributed by atoms with Gasteiger partial charge >= 0.3 is 0 Å². The van der Waals surface area contributed by atoms with Gasteiger partial charge in [0.15, 0.2) is 0 Å². The molecule has 0 aliphatic carbocycles. The van der Waals surface area contributed by atoms with Crippen LogP contribution in [0.15, 0.2) is 60.7 Å². The van der Waals surface area contributed by atoms with Gasteiger partial charge < -0.3 is 4.74 Å². The smallest absolute Gasteiger partial charge is 0.0909 e. The maximum Gasteiger partial charge on any atom is 0.0909 e. The predicted molar refractivity (Wildman–Crippen MR) is 104 cm³/mol. The topological polar surface area (TPSA) is 36.3 Å². The second kappa shape index (κ2) is 9.59. The molecule has 1 aliphatic heterocycles. The summed E-state index contributed by atoms with van der Waals surface area (Å²) in [4.78, 5) is 2.35. The van der Waals surface area contributed by atoms with E-state index < -0.39 is 0 Å². The van der Waals surface area contributed by atoms with Crippen LogP contribution in [0.3, 0.4) is 0 Å². The molecular weight excluding hydrogens is 320 g/mol. The van der Waals surface area contributed by atoms with Crippen molar-refractivity contribution in [2.45, 2.75) is 12.5 Å². The second-order valence-electron chi connectivity index (χ2n) is 6.16. The number of hydrogen-bond donors (Lipinski definition) is 0. The zero-order valence-corrected chi connectivity index (χ0v) is 14.8. The van der Waals surface area contributed by atoms with Gasteiger partial charge in [-0.15, -0.1) is 0 Å². The highest BCUT2D eigenvalue weighted by Crippen LogP contribution is 2.10. The van der Waals surface area contributed by atoms with Crippen molar-refractivity contribution in [2.75, 3.05) is 26.3 Å². The van der Waals surface area contributed by atoms with Crippen LogP contribution in [-0.2, 0) is 11.2 Å². The van der Waals surface area contributed by atoms with E-state index in [1.807, 2.05) is 42.5 Å². The first-order chi connectivity index (χ1) is 12.8. The molecule has 0 bridgehead atoms. The zero-order valence-electron chi connectivity index (χ0n) is 14.8. The van der Waals surface area contributed by atoms with Crippen LogP contribution in [0.2, 0.25) is 0 Å². The summed E-state index contributed by atoms with van der Waals surface area (Å²) in [6, 6.07) is 20.4. The Kier molecular flexibility index (Phi) is 6.62. The van der Waals surface area contributed by atoms with Gasteiger partial charge in [-0.05, 0) is 23.3 Å². The Hall–Kier alpha value is -2.85. The molecule has 26 heavy (non-hydrogen) atoms. The summed E-state index contributed by atoms with van der Waals surface area (Å²) in [6.07, 6.45) is 4.73. The van der Waals surface area contributed by atoms with Crippen molar-refractivity contribution >= 4 is 6.08 Å². The SMILES string of the molecule is N#CCc1ccc(C#CC(/C=C/c2ccccc2)N2CCOCC2)cc1. The maximum absolute atomic E-state index is 8.76. The Bertz CT molecular complexity index is 816. The summed E-state index contributed by atoms with van der Waals surface area (Å²) >= 11 is 0. The maximum atomic E-state index is 8.76. The fourth-order valence-corrected chi connectivity index (χ4v) is 2.84. The summed E-state index contributed by atoms with van der Waals surface area (Å²) < 4.78 is 5.47. The second-order valence-corrected chi connectivity index (χ2v) is 6.16. The van der Waals surface area contributed by atoms with Crippen molar-refractivity contribution in [2.24, 2.45) is 0 Å². The molecule has 1 aliphatic rings. The van der Waals surface area contributed by atoms with Crippen LogP contribution in [0, 0.1) is 23.2 Å². The molecule has 0 spiro atoms. The number of morpholine rings is 1. The minimum absolute atomic E-state index is 0.0536. The van der Waals surface area contributed by atoms with Crippen molar-refractivity contribution in [1.29, 1.82) is 5.26 Å². The van der Waals surface area contributed by atoms with Crippen molar-refractivity contribution < 1.29 is 4.74 Å². The molecular formula is C23H22N2O. The molecule has 1 unspecified atom stereocenters. The van der Waals surface area contributed by atoms with Gasteiger partial charge in [0.2, 0.25) is 0 Å². The Morgan fingerprint density at radius 2 is 1.77 bits per heavy atom. The quantitative estimate of drug-likeness (QED) is 0.798. The Balaban J connectivity index is 1.77. The molecule has 1 saturated heterocycles. The van der Waals surface area contributed by atoms with Gasteiger partial charge in [0.05, 0.1) is 31.7 Å². The molecule has 0 amide bonds. The van der Waals surface area contributed by atoms with Crippen LogP contribution < -0.4 is 0 Å². The van der Waals surface area contributed by atoms with Crippen LogP contribution in [0.5, 0.6) is 0 Å². The lowest BCUT2D eigenvalue weighted by atomic mass is 10.1. The molecule has 3 nitrogen and oxygen atoms in total. The summed E-state index contributed by atoms with van der Waals surface area (Å²) in [5.74, 6) is 6.68. The lowest BCUT2D eigenvalue weighted by molar-refractivity contribution is 0.0344. The third kappa shape index (κ3) is 5.33. The van der Waals surface area contributed by atoms with Crippen molar-refractivity contribution in [3.8, 4) is 17.9 Å². The first-order valence-corrected chi connectivity index (χ1v) is 8.87. The number of hydrogen-bond acceptors (Lipinski definition) is 3. The van der Waals surface area contributed by atoms with Gasteiger partial charge in [0.1, 0.15) is 0 Å². The summed E-state index contributed by atoms with van der Waals surface area (Å²) in [5.41, 5.74) is 3.17. The Morgan fingerprint density at radius 3 is 2.46 bits per heavy atom. The molecule has 0 aromatic heterocycles. The molecule has 3 rings (SSSR count). The fourth-order valence-electron chi connectivity index (χ4n) is 2.84.